The molecule has 1 aromatic carbocycles. The van der Waals surface area contributed by atoms with Crippen LogP contribution in [0.3, 0.4) is 0 Å². The van der Waals surface area contributed by atoms with Crippen molar-refractivity contribution in [1.29, 1.82) is 0 Å². The van der Waals surface area contributed by atoms with Crippen LogP contribution in [0.2, 0.25) is 0 Å². The molecule has 2 aromatic rings. The maximum absolute atomic E-state index is 12.5. The number of aromatic nitrogens is 3. The van der Waals surface area contributed by atoms with Crippen molar-refractivity contribution in [3.05, 3.63) is 39.9 Å². The van der Waals surface area contributed by atoms with Crippen LogP contribution in [0.15, 0.2) is 22.7 Å². The highest BCUT2D eigenvalue weighted by molar-refractivity contribution is 9.10. The number of nitrogens with one attached hydrogen (secondary N) is 1. The van der Waals surface area contributed by atoms with E-state index in [-0.39, 0.29) is 24.2 Å². The average Bonchev–Trinajstić information content (AvgIpc) is 3.31. The van der Waals surface area contributed by atoms with E-state index in [0.717, 1.165) is 46.8 Å². The van der Waals surface area contributed by atoms with E-state index in [1.165, 1.54) is 0 Å². The topological polar surface area (TPSA) is 80.1 Å². The van der Waals surface area contributed by atoms with Crippen LogP contribution in [-0.2, 0) is 29.1 Å². The predicted octanol–water partition coefficient (Wildman–Crippen LogP) is 1.96. The van der Waals surface area contributed by atoms with Gasteiger partial charge in [0.15, 0.2) is 5.82 Å². The van der Waals surface area contributed by atoms with Gasteiger partial charge in [-0.25, -0.2) is 0 Å². The summed E-state index contributed by atoms with van der Waals surface area (Å²) in [5.74, 6) is 1.31. The highest BCUT2D eigenvalue weighted by Crippen LogP contribution is 2.28. The van der Waals surface area contributed by atoms with Crippen LogP contribution in [0, 0.1) is 12.8 Å². The van der Waals surface area contributed by atoms with Crippen LogP contribution in [0.5, 0.6) is 0 Å². The van der Waals surface area contributed by atoms with E-state index in [1.807, 2.05) is 25.1 Å². The molecule has 7 nitrogen and oxygen atoms in total. The first-order valence-electron chi connectivity index (χ1n) is 8.78. The Balaban J connectivity index is 1.39. The minimum atomic E-state index is -0.340. The molecular weight excluding hydrogens is 398 g/mol. The Morgan fingerprint density at radius 1 is 1.38 bits per heavy atom. The Bertz CT molecular complexity index is 878. The summed E-state index contributed by atoms with van der Waals surface area (Å²) < 4.78 is 3.07. The number of amides is 2. The van der Waals surface area contributed by atoms with E-state index in [2.05, 4.69) is 36.0 Å². The first-order chi connectivity index (χ1) is 12.5. The molecule has 0 bridgehead atoms. The number of nitrogens with zero attached hydrogens (tertiary/aromatic N) is 4. The quantitative estimate of drug-likeness (QED) is 0.824. The Morgan fingerprint density at radius 3 is 3.04 bits per heavy atom. The van der Waals surface area contributed by atoms with Gasteiger partial charge in [0, 0.05) is 36.1 Å². The monoisotopic (exact) mass is 417 g/mol. The molecule has 1 fully saturated rings. The van der Waals surface area contributed by atoms with Crippen molar-refractivity contribution in [2.45, 2.75) is 39.3 Å². The molecule has 0 aliphatic carbocycles. The summed E-state index contributed by atoms with van der Waals surface area (Å²) in [6, 6.07) is 5.79. The lowest BCUT2D eigenvalue weighted by atomic mass is 10.1. The van der Waals surface area contributed by atoms with E-state index < -0.39 is 0 Å². The van der Waals surface area contributed by atoms with Gasteiger partial charge in [-0.15, -0.1) is 10.2 Å². The largest absolute Gasteiger partial charge is 0.348 e. The second-order valence-corrected chi connectivity index (χ2v) is 7.70. The molecule has 1 saturated heterocycles. The van der Waals surface area contributed by atoms with Crippen LogP contribution in [-0.4, -0.2) is 33.1 Å². The molecule has 8 heteroatoms. The molecular formula is C18H20BrN5O2. The Kier molecular flexibility index (Phi) is 4.52. The van der Waals surface area contributed by atoms with E-state index in [9.17, 15) is 9.59 Å². The number of hydrogen-bond acceptors (Lipinski definition) is 4. The Labute approximate surface area is 159 Å². The van der Waals surface area contributed by atoms with Crippen LogP contribution in [0.25, 0.3) is 0 Å². The third-order valence-corrected chi connectivity index (χ3v) is 5.95. The number of carbonyl (C=O) groups excluding carboxylic acids is 2. The summed E-state index contributed by atoms with van der Waals surface area (Å²) >= 11 is 3.47. The molecule has 2 aliphatic heterocycles. The molecule has 136 valence electrons. The molecule has 0 unspecified atom stereocenters. The van der Waals surface area contributed by atoms with E-state index in [4.69, 9.17) is 0 Å². The number of fused-ring (bicyclic) bond motifs is 1. The lowest BCUT2D eigenvalue weighted by Gasteiger charge is -2.17. The molecule has 1 atom stereocenters. The highest BCUT2D eigenvalue weighted by atomic mass is 79.9. The van der Waals surface area contributed by atoms with Gasteiger partial charge in [-0.05, 0) is 37.1 Å². The molecule has 2 aliphatic rings. The fourth-order valence-electron chi connectivity index (χ4n) is 3.58. The van der Waals surface area contributed by atoms with Crippen molar-refractivity contribution < 1.29 is 9.59 Å². The van der Waals surface area contributed by atoms with Gasteiger partial charge in [0.1, 0.15) is 5.82 Å². The smallest absolute Gasteiger partial charge is 0.227 e. The van der Waals surface area contributed by atoms with Gasteiger partial charge >= 0.3 is 0 Å². The van der Waals surface area contributed by atoms with Gasteiger partial charge in [-0.1, -0.05) is 15.9 Å². The molecule has 4 rings (SSSR count). The molecule has 0 radical (unpaired) electrons. The number of hydrogen-bond donors (Lipinski definition) is 1. The van der Waals surface area contributed by atoms with Gasteiger partial charge < -0.3 is 14.8 Å². The van der Waals surface area contributed by atoms with E-state index >= 15 is 0 Å². The summed E-state index contributed by atoms with van der Waals surface area (Å²) in [6.07, 6.45) is 2.25. The minimum Gasteiger partial charge on any atom is -0.348 e. The van der Waals surface area contributed by atoms with Crippen LogP contribution < -0.4 is 10.2 Å². The highest BCUT2D eigenvalue weighted by Gasteiger charge is 2.35. The zero-order valence-electron chi connectivity index (χ0n) is 14.5. The van der Waals surface area contributed by atoms with E-state index in [1.54, 1.807) is 4.90 Å². The van der Waals surface area contributed by atoms with Crippen LogP contribution in [0.4, 0.5) is 5.69 Å². The molecule has 1 aromatic heterocycles. The molecule has 1 N–H and O–H groups in total. The van der Waals surface area contributed by atoms with Crippen molar-refractivity contribution in [2.75, 3.05) is 11.4 Å². The fraction of sp³-hybridized carbons (Fsp3) is 0.444. The number of rotatable bonds is 4. The van der Waals surface area contributed by atoms with Crippen molar-refractivity contribution in [3.8, 4) is 0 Å². The third kappa shape index (κ3) is 3.13. The Hall–Kier alpha value is -2.22. The van der Waals surface area contributed by atoms with Gasteiger partial charge in [0.2, 0.25) is 11.8 Å². The standard InChI is InChI=1S/C18H20BrN5O2/c1-11-7-13(4-5-14(11)19)24-10-12(8-17(24)25)18(26)20-9-16-22-21-15-3-2-6-23(15)16/h4-5,7,12H,2-3,6,8-10H2,1H3,(H,20,26)/t12-/m1/s1. The van der Waals surface area contributed by atoms with Crippen LogP contribution in [0.1, 0.15) is 30.1 Å². The van der Waals surface area contributed by atoms with Crippen molar-refractivity contribution in [1.82, 2.24) is 20.1 Å². The number of anilines is 1. The first-order valence-corrected chi connectivity index (χ1v) is 9.57. The fourth-order valence-corrected chi connectivity index (χ4v) is 3.83. The zero-order valence-corrected chi connectivity index (χ0v) is 16.1. The number of halogens is 1. The summed E-state index contributed by atoms with van der Waals surface area (Å²) in [5.41, 5.74) is 1.89. The second kappa shape index (κ2) is 6.83. The van der Waals surface area contributed by atoms with Gasteiger partial charge in [0.05, 0.1) is 12.5 Å². The first kappa shape index (κ1) is 17.2. The molecule has 26 heavy (non-hydrogen) atoms. The lowest BCUT2D eigenvalue weighted by molar-refractivity contribution is -0.126. The third-order valence-electron chi connectivity index (χ3n) is 5.06. The summed E-state index contributed by atoms with van der Waals surface area (Å²) in [4.78, 5) is 26.6. The van der Waals surface area contributed by atoms with Crippen molar-refractivity contribution >= 4 is 33.4 Å². The predicted molar refractivity (Wildman–Crippen MR) is 99.5 cm³/mol. The van der Waals surface area contributed by atoms with Crippen molar-refractivity contribution in [3.63, 3.8) is 0 Å². The maximum atomic E-state index is 12.5. The minimum absolute atomic E-state index is 0.0183. The molecule has 2 amide bonds. The number of carbonyl (C=O) groups is 2. The summed E-state index contributed by atoms with van der Waals surface area (Å²) in [6.45, 7) is 3.65. The van der Waals surface area contributed by atoms with Gasteiger partial charge in [-0.2, -0.15) is 0 Å². The number of benzene rings is 1. The lowest BCUT2D eigenvalue weighted by Crippen LogP contribution is -2.33. The molecule has 0 spiro atoms. The van der Waals surface area contributed by atoms with Gasteiger partial charge in [0.25, 0.3) is 0 Å². The normalized spacial score (nSPS) is 19.1. The number of aryl methyl sites for hydroxylation is 2. The summed E-state index contributed by atoms with van der Waals surface area (Å²) in [7, 11) is 0. The SMILES string of the molecule is Cc1cc(N2C[C@H](C(=O)NCc3nnc4n3CCC4)CC2=O)ccc1Br. The average molecular weight is 418 g/mol. The Morgan fingerprint density at radius 2 is 2.23 bits per heavy atom. The van der Waals surface area contributed by atoms with Crippen LogP contribution >= 0.6 is 15.9 Å². The van der Waals surface area contributed by atoms with Gasteiger partial charge in [-0.3, -0.25) is 9.59 Å². The van der Waals surface area contributed by atoms with E-state index in [0.29, 0.717) is 13.1 Å². The second-order valence-electron chi connectivity index (χ2n) is 6.84. The molecule has 0 saturated carbocycles. The molecule has 3 heterocycles. The maximum Gasteiger partial charge on any atom is 0.227 e. The zero-order chi connectivity index (χ0) is 18.3. The summed E-state index contributed by atoms with van der Waals surface area (Å²) in [5, 5.41) is 11.2. The van der Waals surface area contributed by atoms with Crippen molar-refractivity contribution in [2.24, 2.45) is 5.92 Å².